The molecule has 1 heterocycles. The zero-order valence-electron chi connectivity index (χ0n) is 13.4. The SMILES string of the molecule is N#CCCn1nc(-c2ccccc2)c(-c2ccccc2)c(C#N)c1=O. The smallest absolute Gasteiger partial charge is 0.266 e. The molecule has 25 heavy (non-hydrogen) atoms. The number of aryl methyl sites for hydroxylation is 1. The van der Waals surface area contributed by atoms with Gasteiger partial charge in [-0.15, -0.1) is 0 Å². The summed E-state index contributed by atoms with van der Waals surface area (Å²) >= 11 is 0. The van der Waals surface area contributed by atoms with Crippen molar-refractivity contribution < 1.29 is 0 Å². The van der Waals surface area contributed by atoms with Crippen LogP contribution in [-0.2, 0) is 6.54 Å². The van der Waals surface area contributed by atoms with Gasteiger partial charge in [0.05, 0.1) is 19.0 Å². The van der Waals surface area contributed by atoms with Crippen molar-refractivity contribution in [1.29, 1.82) is 10.5 Å². The molecule has 2 aromatic carbocycles. The molecule has 0 aliphatic carbocycles. The molecule has 0 radical (unpaired) electrons. The molecule has 0 N–H and O–H groups in total. The minimum atomic E-state index is -0.476. The lowest BCUT2D eigenvalue weighted by Crippen LogP contribution is -2.27. The average molecular weight is 326 g/mol. The maximum absolute atomic E-state index is 12.7. The maximum atomic E-state index is 12.7. The van der Waals surface area contributed by atoms with Crippen molar-refractivity contribution in [1.82, 2.24) is 9.78 Å². The van der Waals surface area contributed by atoms with Crippen LogP contribution in [0.1, 0.15) is 12.0 Å². The predicted octanol–water partition coefficient (Wildman–Crippen LogP) is 3.36. The highest BCUT2D eigenvalue weighted by Crippen LogP contribution is 2.31. The van der Waals surface area contributed by atoms with Crippen LogP contribution in [0.4, 0.5) is 0 Å². The molecule has 0 atom stereocenters. The predicted molar refractivity (Wildman–Crippen MR) is 94.3 cm³/mol. The van der Waals surface area contributed by atoms with Crippen molar-refractivity contribution >= 4 is 0 Å². The van der Waals surface area contributed by atoms with E-state index < -0.39 is 5.56 Å². The first kappa shape index (κ1) is 16.2. The Kier molecular flexibility index (Phi) is 4.69. The second-order valence-electron chi connectivity index (χ2n) is 5.38. The van der Waals surface area contributed by atoms with Gasteiger partial charge in [0.15, 0.2) is 0 Å². The van der Waals surface area contributed by atoms with E-state index in [4.69, 9.17) is 5.26 Å². The Morgan fingerprint density at radius 3 is 2.08 bits per heavy atom. The normalized spacial score (nSPS) is 10.0. The van der Waals surface area contributed by atoms with Crippen LogP contribution < -0.4 is 5.56 Å². The van der Waals surface area contributed by atoms with Crippen LogP contribution in [0, 0.1) is 22.7 Å². The van der Waals surface area contributed by atoms with Crippen LogP contribution in [0.5, 0.6) is 0 Å². The van der Waals surface area contributed by atoms with Crippen LogP contribution >= 0.6 is 0 Å². The lowest BCUT2D eigenvalue weighted by Gasteiger charge is -2.14. The fourth-order valence-electron chi connectivity index (χ4n) is 2.67. The van der Waals surface area contributed by atoms with E-state index in [-0.39, 0.29) is 18.5 Å². The highest BCUT2D eigenvalue weighted by molar-refractivity contribution is 5.84. The molecule has 0 saturated carbocycles. The summed E-state index contributed by atoms with van der Waals surface area (Å²) in [6.07, 6.45) is 0.149. The highest BCUT2D eigenvalue weighted by atomic mass is 16.1. The minimum absolute atomic E-state index is 0.0398. The van der Waals surface area contributed by atoms with Gasteiger partial charge in [-0.1, -0.05) is 60.7 Å². The first-order valence-corrected chi connectivity index (χ1v) is 7.79. The second kappa shape index (κ2) is 7.25. The first-order chi connectivity index (χ1) is 12.3. The lowest BCUT2D eigenvalue weighted by molar-refractivity contribution is 0.591. The van der Waals surface area contributed by atoms with Gasteiger partial charge in [-0.05, 0) is 5.56 Å². The van der Waals surface area contributed by atoms with E-state index in [1.54, 1.807) is 0 Å². The van der Waals surface area contributed by atoms with Gasteiger partial charge in [0.25, 0.3) is 5.56 Å². The van der Waals surface area contributed by atoms with E-state index in [0.717, 1.165) is 11.1 Å². The zero-order chi connectivity index (χ0) is 17.6. The van der Waals surface area contributed by atoms with Crippen LogP contribution in [-0.4, -0.2) is 9.78 Å². The average Bonchev–Trinajstić information content (AvgIpc) is 2.68. The van der Waals surface area contributed by atoms with Crippen LogP contribution in [0.3, 0.4) is 0 Å². The fraction of sp³-hybridized carbons (Fsp3) is 0.100. The van der Waals surface area contributed by atoms with E-state index >= 15 is 0 Å². The molecule has 0 saturated heterocycles. The molecule has 0 aliphatic heterocycles. The molecule has 0 aliphatic rings. The molecule has 5 nitrogen and oxygen atoms in total. The van der Waals surface area contributed by atoms with Crippen molar-refractivity contribution in [3.8, 4) is 34.5 Å². The Labute approximate surface area is 145 Å². The molecule has 0 spiro atoms. The standard InChI is InChI=1S/C20H14N4O/c21-12-7-13-24-20(25)17(14-22)18(15-8-3-1-4-9-15)19(23-24)16-10-5-2-6-11-16/h1-6,8-11H,7,13H2. The summed E-state index contributed by atoms with van der Waals surface area (Å²) in [4.78, 5) is 12.7. The van der Waals surface area contributed by atoms with E-state index in [2.05, 4.69) is 5.10 Å². The Balaban J connectivity index is 2.36. The van der Waals surface area contributed by atoms with Gasteiger partial charge in [-0.25, -0.2) is 4.68 Å². The highest BCUT2D eigenvalue weighted by Gasteiger charge is 2.19. The third-order valence-electron chi connectivity index (χ3n) is 3.81. The van der Waals surface area contributed by atoms with Gasteiger partial charge in [0, 0.05) is 11.1 Å². The number of rotatable bonds is 4. The number of hydrogen-bond acceptors (Lipinski definition) is 4. The second-order valence-corrected chi connectivity index (χ2v) is 5.38. The number of hydrogen-bond donors (Lipinski definition) is 0. The van der Waals surface area contributed by atoms with Crippen molar-refractivity contribution in [2.75, 3.05) is 0 Å². The molecule has 0 amide bonds. The van der Waals surface area contributed by atoms with Crippen LogP contribution in [0.25, 0.3) is 22.4 Å². The van der Waals surface area contributed by atoms with E-state index in [0.29, 0.717) is 11.3 Å². The molecule has 1 aromatic heterocycles. The van der Waals surface area contributed by atoms with Gasteiger partial charge in [-0.3, -0.25) is 4.79 Å². The Morgan fingerprint density at radius 2 is 1.52 bits per heavy atom. The third-order valence-corrected chi connectivity index (χ3v) is 3.81. The quantitative estimate of drug-likeness (QED) is 0.736. The first-order valence-electron chi connectivity index (χ1n) is 7.79. The third kappa shape index (κ3) is 3.17. The van der Waals surface area contributed by atoms with Gasteiger partial charge in [0.2, 0.25) is 0 Å². The van der Waals surface area contributed by atoms with Gasteiger partial charge in [-0.2, -0.15) is 15.6 Å². The molecule has 3 aromatic rings. The van der Waals surface area contributed by atoms with Gasteiger partial charge >= 0.3 is 0 Å². The lowest BCUT2D eigenvalue weighted by atomic mass is 9.96. The van der Waals surface area contributed by atoms with Crippen LogP contribution in [0.15, 0.2) is 65.5 Å². The molecular formula is C20H14N4O. The summed E-state index contributed by atoms with van der Waals surface area (Å²) in [6, 6.07) is 22.7. The van der Waals surface area contributed by atoms with E-state index in [1.807, 2.05) is 72.8 Å². The van der Waals surface area contributed by atoms with Crippen molar-refractivity contribution in [2.24, 2.45) is 0 Å². The zero-order valence-corrected chi connectivity index (χ0v) is 13.4. The Bertz CT molecular complexity index is 1030. The number of benzene rings is 2. The topological polar surface area (TPSA) is 82.5 Å². The summed E-state index contributed by atoms with van der Waals surface area (Å²) in [6.45, 7) is 0.152. The van der Waals surface area contributed by atoms with Crippen molar-refractivity contribution in [2.45, 2.75) is 13.0 Å². The Morgan fingerprint density at radius 1 is 0.920 bits per heavy atom. The summed E-state index contributed by atoms with van der Waals surface area (Å²) in [5, 5.41) is 22.9. The molecule has 0 unspecified atom stereocenters. The molecule has 0 bridgehead atoms. The van der Waals surface area contributed by atoms with Gasteiger partial charge < -0.3 is 0 Å². The summed E-state index contributed by atoms with van der Waals surface area (Å²) < 4.78 is 1.20. The minimum Gasteiger partial charge on any atom is -0.266 e. The maximum Gasteiger partial charge on any atom is 0.285 e. The molecule has 5 heteroatoms. The Hall–Kier alpha value is -3.70. The van der Waals surface area contributed by atoms with E-state index in [1.165, 1.54) is 4.68 Å². The van der Waals surface area contributed by atoms with Crippen molar-refractivity contribution in [3.63, 3.8) is 0 Å². The summed E-state index contributed by atoms with van der Waals surface area (Å²) in [5.41, 5.74) is 2.21. The molecule has 3 rings (SSSR count). The number of nitrogens with zero attached hydrogens (tertiary/aromatic N) is 4. The van der Waals surface area contributed by atoms with Crippen LogP contribution in [0.2, 0.25) is 0 Å². The molecule has 120 valence electrons. The molecular weight excluding hydrogens is 312 g/mol. The molecule has 0 fully saturated rings. The largest absolute Gasteiger partial charge is 0.285 e. The summed E-state index contributed by atoms with van der Waals surface area (Å²) in [7, 11) is 0. The number of aromatic nitrogens is 2. The van der Waals surface area contributed by atoms with E-state index in [9.17, 15) is 10.1 Å². The fourth-order valence-corrected chi connectivity index (χ4v) is 2.67. The monoisotopic (exact) mass is 326 g/mol. The summed E-state index contributed by atoms with van der Waals surface area (Å²) in [5.74, 6) is 0. The number of nitriles is 2. The van der Waals surface area contributed by atoms with Gasteiger partial charge in [0.1, 0.15) is 17.3 Å². The van der Waals surface area contributed by atoms with Crippen molar-refractivity contribution in [3.05, 3.63) is 76.6 Å².